The second-order valence-electron chi connectivity index (χ2n) is 2.87. The molecule has 0 bridgehead atoms. The molecule has 13 heavy (non-hydrogen) atoms. The second kappa shape index (κ2) is 2.74. The van der Waals surface area contributed by atoms with Crippen molar-refractivity contribution in [2.24, 2.45) is 0 Å². The zero-order chi connectivity index (χ0) is 9.42. The Hall–Kier alpha value is -1.56. The molecule has 1 fully saturated rings. The van der Waals surface area contributed by atoms with Gasteiger partial charge in [0.15, 0.2) is 12.0 Å². The largest absolute Gasteiger partial charge is 0.371 e. The van der Waals surface area contributed by atoms with E-state index in [1.807, 2.05) is 0 Å². The Balaban J connectivity index is 2.29. The van der Waals surface area contributed by atoms with Crippen LogP contribution in [0.5, 0.6) is 0 Å². The molecule has 1 saturated heterocycles. The van der Waals surface area contributed by atoms with Gasteiger partial charge in [-0.05, 0) is 0 Å². The summed E-state index contributed by atoms with van der Waals surface area (Å²) in [6, 6.07) is 1.25. The van der Waals surface area contributed by atoms with Gasteiger partial charge in [0, 0.05) is 13.1 Å². The van der Waals surface area contributed by atoms with Crippen molar-refractivity contribution in [1.82, 2.24) is 10.1 Å². The maximum atomic E-state index is 11.4. The first-order chi connectivity index (χ1) is 6.20. The van der Waals surface area contributed by atoms with E-state index in [1.165, 1.54) is 22.1 Å². The van der Waals surface area contributed by atoms with Crippen LogP contribution in [-0.4, -0.2) is 41.0 Å². The van der Waals surface area contributed by atoms with Gasteiger partial charge in [0.2, 0.25) is 0 Å². The van der Waals surface area contributed by atoms with E-state index >= 15 is 0 Å². The van der Waals surface area contributed by atoms with Crippen LogP contribution in [-0.2, 0) is 0 Å². The monoisotopic (exact) mass is 183 g/mol. The number of likely N-dealkylation sites (N-methyl/N-ethyl adjacent to an activating group) is 1. The summed E-state index contributed by atoms with van der Waals surface area (Å²) in [6.45, 7) is 0.283. The maximum absolute atomic E-state index is 11.4. The molecule has 2 amide bonds. The lowest BCUT2D eigenvalue weighted by Crippen LogP contribution is -2.34. The quantitative estimate of drug-likeness (QED) is 0.658. The maximum Gasteiger partial charge on any atom is 0.327 e. The number of nitrogens with zero attached hydrogens (tertiary/aromatic N) is 3. The van der Waals surface area contributed by atoms with Gasteiger partial charge in [-0.3, -0.25) is 0 Å². The molecule has 2 heterocycles. The number of β-amino-alcohol motifs (C(OH)–C–C–N with tert-alkyl or cyclic N) is 1. The van der Waals surface area contributed by atoms with E-state index in [2.05, 4.69) is 9.68 Å². The molecule has 70 valence electrons. The van der Waals surface area contributed by atoms with E-state index in [0.717, 1.165) is 0 Å². The fraction of sp³-hybridized carbons (Fsp3) is 0.429. The summed E-state index contributed by atoms with van der Waals surface area (Å²) >= 11 is 0. The number of aliphatic hydroxyl groups excluding tert-OH is 1. The molecule has 1 N–H and O–H groups in total. The lowest BCUT2D eigenvalue weighted by atomic mass is 10.5. The van der Waals surface area contributed by atoms with Gasteiger partial charge in [-0.15, -0.1) is 0 Å². The Morgan fingerprint density at radius 3 is 3.00 bits per heavy atom. The molecule has 6 heteroatoms. The summed E-state index contributed by atoms with van der Waals surface area (Å²) in [5.41, 5.74) is 0. The molecule has 2 rings (SSSR count). The minimum Gasteiger partial charge on any atom is -0.371 e. The van der Waals surface area contributed by atoms with Crippen LogP contribution in [0, 0.1) is 0 Å². The van der Waals surface area contributed by atoms with Crippen LogP contribution in [0.3, 0.4) is 0 Å². The number of carbonyl (C=O) groups excluding carboxylic acids is 1. The van der Waals surface area contributed by atoms with Crippen molar-refractivity contribution in [3.05, 3.63) is 12.3 Å². The van der Waals surface area contributed by atoms with Gasteiger partial charge in [-0.25, -0.2) is 9.69 Å². The number of amides is 2. The SMILES string of the molecule is CN1CC(O)N(c2ccon2)C1=O. The number of carbonyl (C=O) groups is 1. The molecule has 1 aromatic heterocycles. The molecule has 1 atom stereocenters. The van der Waals surface area contributed by atoms with Crippen LogP contribution in [0.4, 0.5) is 10.6 Å². The highest BCUT2D eigenvalue weighted by atomic mass is 16.5. The molecule has 0 aromatic carbocycles. The minimum atomic E-state index is -0.845. The molecular formula is C7H9N3O3. The summed E-state index contributed by atoms with van der Waals surface area (Å²) < 4.78 is 4.59. The number of hydrogen-bond acceptors (Lipinski definition) is 4. The van der Waals surface area contributed by atoms with E-state index in [-0.39, 0.29) is 12.6 Å². The van der Waals surface area contributed by atoms with Crippen LogP contribution in [0.2, 0.25) is 0 Å². The molecule has 0 radical (unpaired) electrons. The first-order valence-electron chi connectivity index (χ1n) is 3.83. The van der Waals surface area contributed by atoms with E-state index in [9.17, 15) is 9.90 Å². The molecule has 1 aliphatic heterocycles. The Bertz CT molecular complexity index is 311. The van der Waals surface area contributed by atoms with Crippen molar-refractivity contribution in [3.8, 4) is 0 Å². The van der Waals surface area contributed by atoms with Gasteiger partial charge in [0.1, 0.15) is 6.26 Å². The van der Waals surface area contributed by atoms with E-state index in [1.54, 1.807) is 7.05 Å². The first-order valence-corrected chi connectivity index (χ1v) is 3.83. The average molecular weight is 183 g/mol. The van der Waals surface area contributed by atoms with Gasteiger partial charge >= 0.3 is 6.03 Å². The molecule has 6 nitrogen and oxygen atoms in total. The zero-order valence-electron chi connectivity index (χ0n) is 7.04. The van der Waals surface area contributed by atoms with E-state index < -0.39 is 6.23 Å². The van der Waals surface area contributed by atoms with Crippen molar-refractivity contribution >= 4 is 11.8 Å². The summed E-state index contributed by atoms with van der Waals surface area (Å²) in [5.74, 6) is 0.335. The molecule has 0 saturated carbocycles. The summed E-state index contributed by atoms with van der Waals surface area (Å²) in [7, 11) is 1.62. The topological polar surface area (TPSA) is 69.8 Å². The number of urea groups is 1. The molecule has 0 spiro atoms. The highest BCUT2D eigenvalue weighted by molar-refractivity contribution is 5.93. The first kappa shape index (κ1) is 8.06. The normalized spacial score (nSPS) is 22.9. The van der Waals surface area contributed by atoms with Gasteiger partial charge in [0.05, 0.1) is 6.54 Å². The van der Waals surface area contributed by atoms with Crippen LogP contribution in [0.15, 0.2) is 16.9 Å². The standard InChI is InChI=1S/C7H9N3O3/c1-9-4-6(11)10(7(9)12)5-2-3-13-8-5/h2-3,6,11H,4H2,1H3. The predicted octanol–water partition coefficient (Wildman–Crippen LogP) is -0.135. The Labute approximate surface area is 74.3 Å². The van der Waals surface area contributed by atoms with Crippen LogP contribution in [0.25, 0.3) is 0 Å². The van der Waals surface area contributed by atoms with Crippen LogP contribution >= 0.6 is 0 Å². The third-order valence-electron chi connectivity index (χ3n) is 1.94. The fourth-order valence-electron chi connectivity index (χ4n) is 1.30. The highest BCUT2D eigenvalue weighted by Gasteiger charge is 2.36. The lowest BCUT2D eigenvalue weighted by molar-refractivity contribution is 0.182. The third-order valence-corrected chi connectivity index (χ3v) is 1.94. The Morgan fingerprint density at radius 2 is 2.54 bits per heavy atom. The van der Waals surface area contributed by atoms with Crippen molar-refractivity contribution in [2.45, 2.75) is 6.23 Å². The van der Waals surface area contributed by atoms with Gasteiger partial charge < -0.3 is 14.5 Å². The number of aromatic nitrogens is 1. The Morgan fingerprint density at radius 1 is 1.77 bits per heavy atom. The summed E-state index contributed by atoms with van der Waals surface area (Å²) in [4.78, 5) is 14.0. The predicted molar refractivity (Wildman–Crippen MR) is 43.0 cm³/mol. The fourth-order valence-corrected chi connectivity index (χ4v) is 1.30. The Kier molecular flexibility index (Phi) is 1.70. The van der Waals surface area contributed by atoms with Crippen LogP contribution < -0.4 is 4.90 Å². The van der Waals surface area contributed by atoms with Gasteiger partial charge in [0.25, 0.3) is 0 Å². The third kappa shape index (κ3) is 1.15. The van der Waals surface area contributed by atoms with Gasteiger partial charge in [-0.2, -0.15) is 0 Å². The highest BCUT2D eigenvalue weighted by Crippen LogP contribution is 2.20. The molecule has 0 aliphatic carbocycles. The number of aliphatic hydroxyl groups is 1. The van der Waals surface area contributed by atoms with Crippen molar-refractivity contribution < 1.29 is 14.4 Å². The molecule has 1 aliphatic rings. The molecule has 1 unspecified atom stereocenters. The zero-order valence-corrected chi connectivity index (χ0v) is 7.04. The van der Waals surface area contributed by atoms with Crippen molar-refractivity contribution in [2.75, 3.05) is 18.5 Å². The van der Waals surface area contributed by atoms with Crippen molar-refractivity contribution in [3.63, 3.8) is 0 Å². The van der Waals surface area contributed by atoms with Crippen LogP contribution in [0.1, 0.15) is 0 Å². The minimum absolute atomic E-state index is 0.276. The molecular weight excluding hydrogens is 174 g/mol. The number of hydrogen-bond donors (Lipinski definition) is 1. The number of anilines is 1. The smallest absolute Gasteiger partial charge is 0.327 e. The van der Waals surface area contributed by atoms with E-state index in [4.69, 9.17) is 0 Å². The second-order valence-corrected chi connectivity index (χ2v) is 2.87. The molecule has 1 aromatic rings. The average Bonchev–Trinajstić information content (AvgIpc) is 2.63. The van der Waals surface area contributed by atoms with E-state index in [0.29, 0.717) is 5.82 Å². The summed E-state index contributed by atoms with van der Waals surface area (Å²) in [6.07, 6.45) is 0.510. The summed E-state index contributed by atoms with van der Waals surface area (Å²) in [5, 5.41) is 13.1. The van der Waals surface area contributed by atoms with Crippen molar-refractivity contribution in [1.29, 1.82) is 0 Å². The van der Waals surface area contributed by atoms with Gasteiger partial charge in [-0.1, -0.05) is 5.16 Å². The lowest BCUT2D eigenvalue weighted by Gasteiger charge is -2.14. The number of rotatable bonds is 1.